The fourth-order valence-corrected chi connectivity index (χ4v) is 3.67. The molecule has 1 atom stereocenters. The van der Waals surface area contributed by atoms with Crippen LogP contribution in [0.1, 0.15) is 24.0 Å². The zero-order valence-corrected chi connectivity index (χ0v) is 11.6. The molecule has 1 nitrogen and oxygen atoms in total. The Balaban J connectivity index is 2.11. The van der Waals surface area contributed by atoms with Crippen LogP contribution in [-0.4, -0.2) is 14.4 Å². The molecule has 0 saturated heterocycles. The van der Waals surface area contributed by atoms with Crippen LogP contribution in [-0.2, 0) is 17.3 Å². The third-order valence-electron chi connectivity index (χ3n) is 3.06. The van der Waals surface area contributed by atoms with Gasteiger partial charge in [0.1, 0.15) is 0 Å². The lowest BCUT2D eigenvalue weighted by Crippen LogP contribution is -2.32. The van der Waals surface area contributed by atoms with Crippen molar-refractivity contribution in [2.45, 2.75) is 51.4 Å². The molecule has 0 N–H and O–H groups in total. The summed E-state index contributed by atoms with van der Waals surface area (Å²) in [6, 6.07) is 8.84. The topological polar surface area (TPSA) is 9.23 Å². The Morgan fingerprint density at radius 2 is 1.81 bits per heavy atom. The number of hydrogen-bond acceptors (Lipinski definition) is 1. The third-order valence-corrected chi connectivity index (χ3v) is 4.10. The average molecular weight is 234 g/mol. The molecule has 0 bridgehead atoms. The van der Waals surface area contributed by atoms with Crippen LogP contribution in [0.5, 0.6) is 0 Å². The summed E-state index contributed by atoms with van der Waals surface area (Å²) in [5.74, 6) is 0. The Kier molecular flexibility index (Phi) is 3.50. The van der Waals surface area contributed by atoms with Gasteiger partial charge in [0.25, 0.3) is 0 Å². The van der Waals surface area contributed by atoms with E-state index >= 15 is 0 Å². The summed E-state index contributed by atoms with van der Waals surface area (Å²) < 4.78 is 6.25. The number of benzene rings is 1. The van der Waals surface area contributed by atoms with E-state index in [1.54, 1.807) is 0 Å². The monoisotopic (exact) mass is 234 g/mol. The van der Waals surface area contributed by atoms with E-state index in [0.717, 1.165) is 6.42 Å². The van der Waals surface area contributed by atoms with E-state index < -0.39 is 8.32 Å². The summed E-state index contributed by atoms with van der Waals surface area (Å²) >= 11 is 0. The minimum absolute atomic E-state index is 0.454. The zero-order chi connectivity index (χ0) is 11.6. The maximum atomic E-state index is 6.25. The Morgan fingerprint density at radius 1 is 1.12 bits per heavy atom. The summed E-state index contributed by atoms with van der Waals surface area (Å²) in [4.78, 5) is 0. The first-order chi connectivity index (χ1) is 7.54. The SMILES string of the molecule is C[Si](C)(C)OC1CCCc2ccccc2C1. The lowest BCUT2D eigenvalue weighted by Gasteiger charge is -2.25. The molecule has 88 valence electrons. The second-order valence-corrected chi connectivity index (χ2v) is 10.2. The highest BCUT2D eigenvalue weighted by Crippen LogP contribution is 2.24. The van der Waals surface area contributed by atoms with Crippen molar-refractivity contribution >= 4 is 8.32 Å². The Bertz CT molecular complexity index is 354. The van der Waals surface area contributed by atoms with Gasteiger partial charge in [-0.2, -0.15) is 0 Å². The van der Waals surface area contributed by atoms with Gasteiger partial charge in [0.15, 0.2) is 8.32 Å². The second-order valence-electron chi connectivity index (χ2n) is 5.72. The summed E-state index contributed by atoms with van der Waals surface area (Å²) in [6.45, 7) is 6.84. The van der Waals surface area contributed by atoms with Gasteiger partial charge in [0, 0.05) is 6.10 Å². The minimum Gasteiger partial charge on any atom is -0.414 e. The van der Waals surface area contributed by atoms with E-state index in [-0.39, 0.29) is 0 Å². The van der Waals surface area contributed by atoms with Crippen molar-refractivity contribution in [1.82, 2.24) is 0 Å². The first-order valence-electron chi connectivity index (χ1n) is 6.29. The summed E-state index contributed by atoms with van der Waals surface area (Å²) in [7, 11) is -1.39. The molecule has 2 heteroatoms. The molecule has 0 heterocycles. The van der Waals surface area contributed by atoms with Crippen LogP contribution in [0.25, 0.3) is 0 Å². The van der Waals surface area contributed by atoms with Gasteiger partial charge in [-0.1, -0.05) is 24.3 Å². The van der Waals surface area contributed by atoms with Gasteiger partial charge in [-0.3, -0.25) is 0 Å². The lowest BCUT2D eigenvalue weighted by molar-refractivity contribution is 0.184. The smallest absolute Gasteiger partial charge is 0.184 e. The molecule has 2 rings (SSSR count). The van der Waals surface area contributed by atoms with Crippen LogP contribution in [0.4, 0.5) is 0 Å². The summed E-state index contributed by atoms with van der Waals surface area (Å²) in [5, 5.41) is 0. The van der Waals surface area contributed by atoms with Gasteiger partial charge in [-0.15, -0.1) is 0 Å². The normalized spacial score (nSPS) is 21.3. The van der Waals surface area contributed by atoms with Crippen LogP contribution < -0.4 is 0 Å². The number of rotatable bonds is 2. The summed E-state index contributed by atoms with van der Waals surface area (Å²) in [6.07, 6.45) is 5.28. The van der Waals surface area contributed by atoms with Crippen LogP contribution in [0.2, 0.25) is 19.6 Å². The fourth-order valence-electron chi connectivity index (χ4n) is 2.47. The van der Waals surface area contributed by atoms with Crippen LogP contribution in [0.3, 0.4) is 0 Å². The van der Waals surface area contributed by atoms with E-state index in [2.05, 4.69) is 43.9 Å². The van der Waals surface area contributed by atoms with Gasteiger partial charge in [0.2, 0.25) is 0 Å². The molecule has 16 heavy (non-hydrogen) atoms. The van der Waals surface area contributed by atoms with Crippen molar-refractivity contribution in [3.8, 4) is 0 Å². The predicted octanol–water partition coefficient (Wildman–Crippen LogP) is 3.79. The standard InChI is InChI=1S/C14H22OSi/c1-16(2,3)15-14-10-6-9-12-7-4-5-8-13(12)11-14/h4-5,7-8,14H,6,9-11H2,1-3H3. The predicted molar refractivity (Wildman–Crippen MR) is 71.3 cm³/mol. The zero-order valence-electron chi connectivity index (χ0n) is 10.6. The van der Waals surface area contributed by atoms with Crippen molar-refractivity contribution in [2.75, 3.05) is 0 Å². The van der Waals surface area contributed by atoms with Crippen LogP contribution in [0, 0.1) is 0 Å². The van der Waals surface area contributed by atoms with Gasteiger partial charge in [0.05, 0.1) is 0 Å². The maximum absolute atomic E-state index is 6.25. The fraction of sp³-hybridized carbons (Fsp3) is 0.571. The Labute approximate surface area is 100.0 Å². The number of hydrogen-bond donors (Lipinski definition) is 0. The lowest BCUT2D eigenvalue weighted by atomic mass is 10.0. The van der Waals surface area contributed by atoms with Crippen molar-refractivity contribution < 1.29 is 4.43 Å². The molecule has 0 amide bonds. The van der Waals surface area contributed by atoms with Crippen LogP contribution >= 0.6 is 0 Å². The molecule has 0 radical (unpaired) electrons. The first-order valence-corrected chi connectivity index (χ1v) is 9.70. The average Bonchev–Trinajstić information content (AvgIpc) is 2.36. The van der Waals surface area contributed by atoms with E-state index in [1.807, 2.05) is 0 Å². The van der Waals surface area contributed by atoms with E-state index in [1.165, 1.54) is 30.4 Å². The van der Waals surface area contributed by atoms with E-state index in [4.69, 9.17) is 4.43 Å². The molecule has 0 aliphatic heterocycles. The Morgan fingerprint density at radius 3 is 2.50 bits per heavy atom. The largest absolute Gasteiger partial charge is 0.414 e. The quantitative estimate of drug-likeness (QED) is 0.559. The highest BCUT2D eigenvalue weighted by Gasteiger charge is 2.23. The molecule has 0 aromatic heterocycles. The number of fused-ring (bicyclic) bond motifs is 1. The van der Waals surface area contributed by atoms with Crippen molar-refractivity contribution in [3.05, 3.63) is 35.4 Å². The van der Waals surface area contributed by atoms with Crippen molar-refractivity contribution in [1.29, 1.82) is 0 Å². The highest BCUT2D eigenvalue weighted by atomic mass is 28.4. The Hall–Kier alpha value is -0.603. The first kappa shape index (κ1) is 11.9. The molecule has 1 aromatic carbocycles. The third kappa shape index (κ3) is 3.19. The maximum Gasteiger partial charge on any atom is 0.184 e. The minimum atomic E-state index is -1.39. The molecular weight excluding hydrogens is 212 g/mol. The molecule has 1 aliphatic rings. The molecule has 1 aromatic rings. The molecule has 0 fully saturated rings. The van der Waals surface area contributed by atoms with Gasteiger partial charge >= 0.3 is 0 Å². The highest BCUT2D eigenvalue weighted by molar-refractivity contribution is 6.69. The van der Waals surface area contributed by atoms with E-state index in [0.29, 0.717) is 6.10 Å². The molecular formula is C14H22OSi. The molecule has 1 unspecified atom stereocenters. The second kappa shape index (κ2) is 4.72. The van der Waals surface area contributed by atoms with E-state index in [9.17, 15) is 0 Å². The molecule has 0 saturated carbocycles. The molecule has 1 aliphatic carbocycles. The van der Waals surface area contributed by atoms with Crippen LogP contribution in [0.15, 0.2) is 24.3 Å². The van der Waals surface area contributed by atoms with Gasteiger partial charge in [-0.05, 0) is 56.5 Å². The van der Waals surface area contributed by atoms with Crippen molar-refractivity contribution in [2.24, 2.45) is 0 Å². The summed E-state index contributed by atoms with van der Waals surface area (Å²) in [5.41, 5.74) is 3.03. The van der Waals surface area contributed by atoms with Gasteiger partial charge in [-0.25, -0.2) is 0 Å². The van der Waals surface area contributed by atoms with Crippen molar-refractivity contribution in [3.63, 3.8) is 0 Å². The molecule has 0 spiro atoms. The van der Waals surface area contributed by atoms with Gasteiger partial charge < -0.3 is 4.43 Å². The number of aryl methyl sites for hydroxylation is 1.